The number of carbonyl (C=O) groups is 2. The predicted molar refractivity (Wildman–Crippen MR) is 136 cm³/mol. The summed E-state index contributed by atoms with van der Waals surface area (Å²) < 4.78 is 45.6. The van der Waals surface area contributed by atoms with Gasteiger partial charge in [-0.2, -0.15) is 4.31 Å². The van der Waals surface area contributed by atoms with Crippen molar-refractivity contribution < 1.29 is 27.1 Å². The number of esters is 1. The normalized spacial score (nSPS) is 14.9. The number of sulfonamides is 1. The Labute approximate surface area is 213 Å². The van der Waals surface area contributed by atoms with Crippen LogP contribution in [0.3, 0.4) is 0 Å². The zero-order valence-corrected chi connectivity index (χ0v) is 21.3. The summed E-state index contributed by atoms with van der Waals surface area (Å²) in [6, 6.07) is 14.3. The molecule has 0 unspecified atom stereocenters. The number of rotatable bonds is 8. The second-order valence-electron chi connectivity index (χ2n) is 8.13. The Hall–Kier alpha value is -3.12. The van der Waals surface area contributed by atoms with Crippen LogP contribution < -0.4 is 5.32 Å². The molecule has 1 N–H and O–H groups in total. The second kappa shape index (κ2) is 11.3. The fraction of sp³-hybridized carbons (Fsp3) is 0.280. The molecule has 0 aliphatic carbocycles. The molecule has 0 spiro atoms. The molecule has 1 aliphatic rings. The number of piperazine rings is 1. The van der Waals surface area contributed by atoms with Crippen molar-refractivity contribution in [3.05, 3.63) is 71.4 Å². The first-order valence-corrected chi connectivity index (χ1v) is 13.7. The molecule has 2 heterocycles. The average Bonchev–Trinajstić information content (AvgIpc) is 3.28. The third kappa shape index (κ3) is 5.81. The van der Waals surface area contributed by atoms with Gasteiger partial charge in [0.1, 0.15) is 16.4 Å². The SMILES string of the molecule is CCOC(=O)c1c(-c2ccccc2)csc1NC(=O)CN1CCN(S(=O)(=O)c2cccc(F)c2)CC1. The van der Waals surface area contributed by atoms with Crippen molar-refractivity contribution in [1.82, 2.24) is 9.21 Å². The third-order valence-electron chi connectivity index (χ3n) is 5.74. The van der Waals surface area contributed by atoms with Crippen LogP contribution in [0.4, 0.5) is 9.39 Å². The molecule has 8 nitrogen and oxygen atoms in total. The van der Waals surface area contributed by atoms with Crippen LogP contribution in [0.25, 0.3) is 11.1 Å². The number of amides is 1. The van der Waals surface area contributed by atoms with Gasteiger partial charge in [-0.3, -0.25) is 9.69 Å². The number of nitrogens with one attached hydrogen (secondary N) is 1. The van der Waals surface area contributed by atoms with Crippen molar-refractivity contribution >= 4 is 38.2 Å². The molecule has 1 amide bonds. The van der Waals surface area contributed by atoms with E-state index in [0.717, 1.165) is 11.6 Å². The number of hydrogen-bond acceptors (Lipinski definition) is 7. The van der Waals surface area contributed by atoms with Crippen LogP contribution >= 0.6 is 11.3 Å². The van der Waals surface area contributed by atoms with Gasteiger partial charge < -0.3 is 10.1 Å². The standard InChI is InChI=1S/C25H26FN3O5S2/c1-2-34-25(31)23-21(18-7-4-3-5-8-18)17-35-24(23)27-22(30)16-28-11-13-29(14-12-28)36(32,33)20-10-6-9-19(26)15-20/h3-10,15,17H,2,11-14,16H2,1H3,(H,27,30). The number of thiophene rings is 1. The highest BCUT2D eigenvalue weighted by atomic mass is 32.2. The third-order valence-corrected chi connectivity index (χ3v) is 8.53. The number of ether oxygens (including phenoxy) is 1. The molecule has 0 atom stereocenters. The minimum Gasteiger partial charge on any atom is -0.462 e. The fourth-order valence-electron chi connectivity index (χ4n) is 3.96. The zero-order chi connectivity index (χ0) is 25.7. The summed E-state index contributed by atoms with van der Waals surface area (Å²) in [4.78, 5) is 27.3. The van der Waals surface area contributed by atoms with Crippen LogP contribution in [0, 0.1) is 5.82 Å². The van der Waals surface area contributed by atoms with Gasteiger partial charge in [0.25, 0.3) is 0 Å². The van der Waals surface area contributed by atoms with Crippen molar-refractivity contribution in [3.8, 4) is 11.1 Å². The topological polar surface area (TPSA) is 96.0 Å². The second-order valence-corrected chi connectivity index (χ2v) is 10.9. The Balaban J connectivity index is 1.40. The summed E-state index contributed by atoms with van der Waals surface area (Å²) in [5.41, 5.74) is 1.84. The zero-order valence-electron chi connectivity index (χ0n) is 19.6. The summed E-state index contributed by atoms with van der Waals surface area (Å²) in [5.74, 6) is -1.44. The smallest absolute Gasteiger partial charge is 0.341 e. The number of anilines is 1. The number of halogens is 1. The molecule has 1 aromatic heterocycles. The van der Waals surface area contributed by atoms with Crippen LogP contribution in [-0.4, -0.2) is 68.8 Å². The Kier molecular flexibility index (Phi) is 8.14. The molecule has 4 rings (SSSR count). The van der Waals surface area contributed by atoms with Gasteiger partial charge in [0.2, 0.25) is 15.9 Å². The Morgan fingerprint density at radius 3 is 2.44 bits per heavy atom. The minimum absolute atomic E-state index is 0.0364. The van der Waals surface area contributed by atoms with E-state index in [9.17, 15) is 22.4 Å². The Morgan fingerprint density at radius 2 is 1.78 bits per heavy atom. The molecule has 190 valence electrons. The van der Waals surface area contributed by atoms with E-state index in [1.807, 2.05) is 40.6 Å². The fourth-order valence-corrected chi connectivity index (χ4v) is 6.39. The first-order valence-electron chi connectivity index (χ1n) is 11.4. The van der Waals surface area contributed by atoms with E-state index in [0.29, 0.717) is 29.2 Å². The maximum atomic E-state index is 13.5. The van der Waals surface area contributed by atoms with Crippen LogP contribution in [-0.2, 0) is 19.6 Å². The maximum absolute atomic E-state index is 13.5. The molecule has 36 heavy (non-hydrogen) atoms. The molecule has 0 bridgehead atoms. The van der Waals surface area contributed by atoms with Crippen LogP contribution in [0.1, 0.15) is 17.3 Å². The first kappa shape index (κ1) is 26.0. The van der Waals surface area contributed by atoms with Crippen LogP contribution in [0.5, 0.6) is 0 Å². The molecule has 1 fully saturated rings. The van der Waals surface area contributed by atoms with Gasteiger partial charge in [0, 0.05) is 37.1 Å². The highest BCUT2D eigenvalue weighted by molar-refractivity contribution is 7.89. The Bertz CT molecular complexity index is 1340. The van der Waals surface area contributed by atoms with Gasteiger partial charge in [0.05, 0.1) is 18.0 Å². The van der Waals surface area contributed by atoms with E-state index in [-0.39, 0.29) is 37.0 Å². The largest absolute Gasteiger partial charge is 0.462 e. The lowest BCUT2D eigenvalue weighted by molar-refractivity contribution is -0.117. The van der Waals surface area contributed by atoms with Crippen molar-refractivity contribution in [2.24, 2.45) is 0 Å². The van der Waals surface area contributed by atoms with Gasteiger partial charge in [-0.1, -0.05) is 36.4 Å². The van der Waals surface area contributed by atoms with E-state index >= 15 is 0 Å². The summed E-state index contributed by atoms with van der Waals surface area (Å²) in [6.07, 6.45) is 0. The molecule has 2 aromatic carbocycles. The molecular weight excluding hydrogens is 505 g/mol. The number of benzene rings is 2. The lowest BCUT2D eigenvalue weighted by Gasteiger charge is -2.33. The predicted octanol–water partition coefficient (Wildman–Crippen LogP) is 3.68. The van der Waals surface area contributed by atoms with E-state index < -0.39 is 21.8 Å². The summed E-state index contributed by atoms with van der Waals surface area (Å²) in [7, 11) is -3.81. The van der Waals surface area contributed by atoms with Gasteiger partial charge in [-0.25, -0.2) is 17.6 Å². The Morgan fingerprint density at radius 1 is 1.06 bits per heavy atom. The van der Waals surface area contributed by atoms with E-state index in [1.165, 1.54) is 33.8 Å². The van der Waals surface area contributed by atoms with Gasteiger partial charge >= 0.3 is 5.97 Å². The summed E-state index contributed by atoms with van der Waals surface area (Å²) >= 11 is 1.25. The van der Waals surface area contributed by atoms with Gasteiger partial charge in [0.15, 0.2) is 0 Å². The average molecular weight is 532 g/mol. The van der Waals surface area contributed by atoms with Crippen LogP contribution in [0.15, 0.2) is 64.9 Å². The maximum Gasteiger partial charge on any atom is 0.341 e. The van der Waals surface area contributed by atoms with Crippen molar-refractivity contribution in [2.75, 3.05) is 44.6 Å². The highest BCUT2D eigenvalue weighted by Gasteiger charge is 2.30. The minimum atomic E-state index is -3.81. The lowest BCUT2D eigenvalue weighted by atomic mass is 10.0. The summed E-state index contributed by atoms with van der Waals surface area (Å²) in [5, 5.41) is 5.04. The number of nitrogens with zero attached hydrogens (tertiary/aromatic N) is 2. The van der Waals surface area contributed by atoms with E-state index in [1.54, 1.807) is 6.92 Å². The van der Waals surface area contributed by atoms with Crippen molar-refractivity contribution in [1.29, 1.82) is 0 Å². The van der Waals surface area contributed by atoms with Crippen molar-refractivity contribution in [2.45, 2.75) is 11.8 Å². The lowest BCUT2D eigenvalue weighted by Crippen LogP contribution is -2.50. The molecule has 1 aliphatic heterocycles. The van der Waals surface area contributed by atoms with Gasteiger partial charge in [-0.05, 0) is 30.7 Å². The molecule has 0 saturated carbocycles. The number of hydrogen-bond donors (Lipinski definition) is 1. The highest BCUT2D eigenvalue weighted by Crippen LogP contribution is 2.36. The first-order chi connectivity index (χ1) is 17.3. The van der Waals surface area contributed by atoms with Crippen LogP contribution in [0.2, 0.25) is 0 Å². The molecular formula is C25H26FN3O5S2. The van der Waals surface area contributed by atoms with E-state index in [2.05, 4.69) is 5.32 Å². The monoisotopic (exact) mass is 531 g/mol. The quantitative estimate of drug-likeness (QED) is 0.446. The molecule has 1 saturated heterocycles. The van der Waals surface area contributed by atoms with E-state index in [4.69, 9.17) is 4.74 Å². The van der Waals surface area contributed by atoms with Gasteiger partial charge in [-0.15, -0.1) is 11.3 Å². The molecule has 3 aromatic rings. The summed E-state index contributed by atoms with van der Waals surface area (Å²) in [6.45, 7) is 3.00. The molecule has 11 heteroatoms. The number of carbonyl (C=O) groups excluding carboxylic acids is 2. The van der Waals surface area contributed by atoms with Crippen molar-refractivity contribution in [3.63, 3.8) is 0 Å². The molecule has 0 radical (unpaired) electrons.